The first-order valence-electron chi connectivity index (χ1n) is 4.25. The van der Waals surface area contributed by atoms with Crippen LogP contribution in [0.1, 0.15) is 5.56 Å². The van der Waals surface area contributed by atoms with Crippen molar-refractivity contribution in [2.45, 2.75) is 5.37 Å². The van der Waals surface area contributed by atoms with E-state index in [0.717, 1.165) is 11.3 Å². The molecule has 1 unspecified atom stereocenters. The standard InChI is InChI=1S/C10H10N2OS/c11-9-10(13)12-8(6-14-9)7-4-2-1-3-5-7/h1-6,9H,11H2,(H,12,13). The maximum absolute atomic E-state index is 11.3. The summed E-state index contributed by atoms with van der Waals surface area (Å²) in [4.78, 5) is 11.3. The highest BCUT2D eigenvalue weighted by molar-refractivity contribution is 8.03. The lowest BCUT2D eigenvalue weighted by molar-refractivity contribution is -0.119. The summed E-state index contributed by atoms with van der Waals surface area (Å²) in [5.74, 6) is -0.142. The highest BCUT2D eigenvalue weighted by atomic mass is 32.2. The molecule has 4 heteroatoms. The minimum absolute atomic E-state index is 0.142. The van der Waals surface area contributed by atoms with Gasteiger partial charge in [-0.05, 0) is 11.0 Å². The summed E-state index contributed by atoms with van der Waals surface area (Å²) in [6, 6.07) is 9.70. The zero-order chi connectivity index (χ0) is 9.97. The first-order valence-corrected chi connectivity index (χ1v) is 5.19. The fourth-order valence-corrected chi connectivity index (χ4v) is 1.85. The summed E-state index contributed by atoms with van der Waals surface area (Å²) in [5.41, 5.74) is 7.35. The number of nitrogens with one attached hydrogen (secondary N) is 1. The van der Waals surface area contributed by atoms with Crippen LogP contribution in [-0.4, -0.2) is 11.3 Å². The third-order valence-corrected chi connectivity index (χ3v) is 2.81. The zero-order valence-electron chi connectivity index (χ0n) is 7.44. The quantitative estimate of drug-likeness (QED) is 0.724. The van der Waals surface area contributed by atoms with Gasteiger partial charge in [-0.2, -0.15) is 0 Å². The largest absolute Gasteiger partial charge is 0.323 e. The van der Waals surface area contributed by atoms with Crippen LogP contribution in [0.4, 0.5) is 0 Å². The molecule has 0 fully saturated rings. The molecule has 1 aromatic carbocycles. The summed E-state index contributed by atoms with van der Waals surface area (Å²) in [6.45, 7) is 0. The Morgan fingerprint density at radius 3 is 2.64 bits per heavy atom. The first-order chi connectivity index (χ1) is 6.77. The van der Waals surface area contributed by atoms with Crippen molar-refractivity contribution in [3.8, 4) is 0 Å². The Hall–Kier alpha value is -1.26. The van der Waals surface area contributed by atoms with E-state index in [1.54, 1.807) is 0 Å². The van der Waals surface area contributed by atoms with E-state index in [1.165, 1.54) is 11.8 Å². The van der Waals surface area contributed by atoms with Crippen LogP contribution in [0.3, 0.4) is 0 Å². The minimum Gasteiger partial charge on any atom is -0.323 e. The van der Waals surface area contributed by atoms with Gasteiger partial charge in [0.2, 0.25) is 0 Å². The molecule has 72 valence electrons. The number of benzene rings is 1. The number of rotatable bonds is 1. The zero-order valence-corrected chi connectivity index (χ0v) is 8.25. The van der Waals surface area contributed by atoms with Crippen molar-refractivity contribution in [3.05, 3.63) is 41.3 Å². The van der Waals surface area contributed by atoms with Crippen molar-refractivity contribution >= 4 is 23.4 Å². The Balaban J connectivity index is 2.25. The van der Waals surface area contributed by atoms with E-state index in [2.05, 4.69) is 5.32 Å². The smallest absolute Gasteiger partial charge is 0.252 e. The maximum Gasteiger partial charge on any atom is 0.252 e. The Bertz CT molecular complexity index is 375. The fraction of sp³-hybridized carbons (Fsp3) is 0.100. The molecule has 3 N–H and O–H groups in total. The molecule has 0 spiro atoms. The van der Waals surface area contributed by atoms with Gasteiger partial charge in [0, 0.05) is 0 Å². The number of carbonyl (C=O) groups is 1. The van der Waals surface area contributed by atoms with Gasteiger partial charge in [-0.15, -0.1) is 11.8 Å². The molecule has 0 saturated carbocycles. The van der Waals surface area contributed by atoms with Gasteiger partial charge in [-0.1, -0.05) is 30.3 Å². The highest BCUT2D eigenvalue weighted by Gasteiger charge is 2.19. The molecule has 1 heterocycles. The van der Waals surface area contributed by atoms with Gasteiger partial charge < -0.3 is 11.1 Å². The van der Waals surface area contributed by atoms with E-state index in [4.69, 9.17) is 5.73 Å². The van der Waals surface area contributed by atoms with Crippen molar-refractivity contribution in [1.29, 1.82) is 0 Å². The van der Waals surface area contributed by atoms with Crippen molar-refractivity contribution in [2.75, 3.05) is 0 Å². The second-order valence-electron chi connectivity index (χ2n) is 2.94. The normalized spacial score (nSPS) is 21.4. The Morgan fingerprint density at radius 2 is 2.00 bits per heavy atom. The topological polar surface area (TPSA) is 55.1 Å². The van der Waals surface area contributed by atoms with Crippen LogP contribution in [0.2, 0.25) is 0 Å². The lowest BCUT2D eigenvalue weighted by atomic mass is 10.2. The summed E-state index contributed by atoms with van der Waals surface area (Å²) < 4.78 is 0. The van der Waals surface area contributed by atoms with E-state index in [9.17, 15) is 4.79 Å². The van der Waals surface area contributed by atoms with E-state index >= 15 is 0 Å². The second kappa shape index (κ2) is 3.86. The predicted molar refractivity (Wildman–Crippen MR) is 58.1 cm³/mol. The van der Waals surface area contributed by atoms with Crippen LogP contribution < -0.4 is 11.1 Å². The molecule has 14 heavy (non-hydrogen) atoms. The van der Waals surface area contributed by atoms with Crippen LogP contribution in [0, 0.1) is 0 Å². The molecule has 0 aromatic heterocycles. The molecule has 0 saturated heterocycles. The second-order valence-corrected chi connectivity index (χ2v) is 3.96. The van der Waals surface area contributed by atoms with E-state index in [-0.39, 0.29) is 5.91 Å². The summed E-state index contributed by atoms with van der Waals surface area (Å²) in [5, 5.41) is 4.15. The molecule has 1 aliphatic rings. The summed E-state index contributed by atoms with van der Waals surface area (Å²) >= 11 is 1.33. The molecule has 1 aromatic rings. The average Bonchev–Trinajstić information content (AvgIpc) is 2.23. The van der Waals surface area contributed by atoms with Gasteiger partial charge in [0.05, 0.1) is 5.70 Å². The molecular weight excluding hydrogens is 196 g/mol. The number of carbonyl (C=O) groups excluding carboxylic acids is 1. The number of nitrogens with two attached hydrogens (primary N) is 1. The van der Waals surface area contributed by atoms with Crippen molar-refractivity contribution in [1.82, 2.24) is 5.32 Å². The van der Waals surface area contributed by atoms with Crippen LogP contribution in [0.25, 0.3) is 5.70 Å². The lowest BCUT2D eigenvalue weighted by Crippen LogP contribution is -2.39. The molecule has 0 radical (unpaired) electrons. The minimum atomic E-state index is -0.484. The Morgan fingerprint density at radius 1 is 1.29 bits per heavy atom. The SMILES string of the molecule is NC1SC=C(c2ccccc2)NC1=O. The van der Waals surface area contributed by atoms with E-state index in [0.29, 0.717) is 0 Å². The monoisotopic (exact) mass is 206 g/mol. The summed E-state index contributed by atoms with van der Waals surface area (Å²) in [7, 11) is 0. The highest BCUT2D eigenvalue weighted by Crippen LogP contribution is 2.22. The van der Waals surface area contributed by atoms with Gasteiger partial charge in [0.25, 0.3) is 5.91 Å². The molecule has 0 aliphatic carbocycles. The van der Waals surface area contributed by atoms with Gasteiger partial charge in [-0.25, -0.2) is 0 Å². The molecular formula is C10H10N2OS. The number of hydrogen-bond acceptors (Lipinski definition) is 3. The lowest BCUT2D eigenvalue weighted by Gasteiger charge is -2.18. The number of amides is 1. The number of thioether (sulfide) groups is 1. The van der Waals surface area contributed by atoms with Crippen molar-refractivity contribution < 1.29 is 4.79 Å². The first kappa shape index (κ1) is 9.30. The Labute approximate surface area is 86.4 Å². The van der Waals surface area contributed by atoms with Gasteiger partial charge >= 0.3 is 0 Å². The summed E-state index contributed by atoms with van der Waals surface area (Å²) in [6.07, 6.45) is 0. The van der Waals surface area contributed by atoms with Crippen LogP contribution >= 0.6 is 11.8 Å². The van der Waals surface area contributed by atoms with Crippen LogP contribution in [0.15, 0.2) is 35.7 Å². The molecule has 0 bridgehead atoms. The Kier molecular flexibility index (Phi) is 2.56. The predicted octanol–water partition coefficient (Wildman–Crippen LogP) is 1.13. The van der Waals surface area contributed by atoms with Gasteiger partial charge in [0.1, 0.15) is 5.37 Å². The molecule has 1 atom stereocenters. The van der Waals surface area contributed by atoms with Crippen LogP contribution in [-0.2, 0) is 4.79 Å². The molecule has 3 nitrogen and oxygen atoms in total. The van der Waals surface area contributed by atoms with E-state index < -0.39 is 5.37 Å². The van der Waals surface area contributed by atoms with E-state index in [1.807, 2.05) is 35.7 Å². The number of hydrogen-bond donors (Lipinski definition) is 2. The third-order valence-electron chi connectivity index (χ3n) is 1.93. The van der Waals surface area contributed by atoms with Crippen LogP contribution in [0.5, 0.6) is 0 Å². The molecule has 1 amide bonds. The molecule has 2 rings (SSSR count). The maximum atomic E-state index is 11.3. The van der Waals surface area contributed by atoms with Gasteiger partial charge in [-0.3, -0.25) is 4.79 Å². The third kappa shape index (κ3) is 1.81. The van der Waals surface area contributed by atoms with Gasteiger partial charge in [0.15, 0.2) is 0 Å². The molecule has 1 aliphatic heterocycles. The van der Waals surface area contributed by atoms with Crippen molar-refractivity contribution in [2.24, 2.45) is 5.73 Å². The fourth-order valence-electron chi connectivity index (χ4n) is 1.19. The average molecular weight is 206 g/mol. The van der Waals surface area contributed by atoms with Crippen molar-refractivity contribution in [3.63, 3.8) is 0 Å².